The first kappa shape index (κ1) is 21.5. The smallest absolute Gasteiger partial charge is 0.248 e. The van der Waals surface area contributed by atoms with E-state index in [9.17, 15) is 4.79 Å². The van der Waals surface area contributed by atoms with Crippen molar-refractivity contribution in [2.24, 2.45) is 0 Å². The second kappa shape index (κ2) is 11.9. The molecule has 0 aliphatic rings. The monoisotopic (exact) mass is 381 g/mol. The standard InChI is InChI=1S/C24H31NO3/c1-4-6-7-8-17-28-22-15-11-20(18-23(22)27-3)12-16-24(26)25-21-13-9-19(5-2)10-14-21/h9-16,18H,4-8,17H2,1-3H3,(H,25,26)/b16-12+. The van der Waals surface area contributed by atoms with Crippen LogP contribution in [0.2, 0.25) is 0 Å². The Morgan fingerprint density at radius 3 is 2.46 bits per heavy atom. The minimum atomic E-state index is -0.167. The fourth-order valence-corrected chi connectivity index (χ4v) is 2.80. The summed E-state index contributed by atoms with van der Waals surface area (Å²) < 4.78 is 11.3. The average Bonchev–Trinajstić information content (AvgIpc) is 2.73. The van der Waals surface area contributed by atoms with Crippen molar-refractivity contribution in [1.82, 2.24) is 0 Å². The van der Waals surface area contributed by atoms with Gasteiger partial charge in [0.05, 0.1) is 13.7 Å². The van der Waals surface area contributed by atoms with Crippen LogP contribution in [-0.2, 0) is 11.2 Å². The summed E-state index contributed by atoms with van der Waals surface area (Å²) in [6.45, 7) is 4.98. The summed E-state index contributed by atoms with van der Waals surface area (Å²) in [5.41, 5.74) is 2.91. The van der Waals surface area contributed by atoms with Gasteiger partial charge in [-0.05, 0) is 54.3 Å². The molecule has 0 aromatic heterocycles. The molecule has 28 heavy (non-hydrogen) atoms. The number of ether oxygens (including phenoxy) is 2. The van der Waals surface area contributed by atoms with Crippen molar-refractivity contribution in [3.63, 3.8) is 0 Å². The van der Waals surface area contributed by atoms with Crippen LogP contribution in [0.25, 0.3) is 6.08 Å². The van der Waals surface area contributed by atoms with Gasteiger partial charge in [0, 0.05) is 11.8 Å². The molecule has 0 radical (unpaired) electrons. The number of methoxy groups -OCH3 is 1. The zero-order valence-corrected chi connectivity index (χ0v) is 17.2. The van der Waals surface area contributed by atoms with Crippen molar-refractivity contribution in [1.29, 1.82) is 0 Å². The molecule has 2 aromatic rings. The lowest BCUT2D eigenvalue weighted by atomic mass is 10.1. The first-order chi connectivity index (χ1) is 13.7. The number of hydrogen-bond donors (Lipinski definition) is 1. The van der Waals surface area contributed by atoms with E-state index < -0.39 is 0 Å². The molecule has 0 saturated heterocycles. The number of carbonyl (C=O) groups excluding carboxylic acids is 1. The van der Waals surface area contributed by atoms with Crippen LogP contribution in [0.1, 0.15) is 50.7 Å². The van der Waals surface area contributed by atoms with Crippen molar-refractivity contribution < 1.29 is 14.3 Å². The summed E-state index contributed by atoms with van der Waals surface area (Å²) in [4.78, 5) is 12.1. The maximum Gasteiger partial charge on any atom is 0.248 e. The van der Waals surface area contributed by atoms with Crippen molar-refractivity contribution in [3.8, 4) is 11.5 Å². The van der Waals surface area contributed by atoms with Gasteiger partial charge in [-0.3, -0.25) is 4.79 Å². The van der Waals surface area contributed by atoms with E-state index in [-0.39, 0.29) is 5.91 Å². The van der Waals surface area contributed by atoms with Crippen LogP contribution in [0.5, 0.6) is 11.5 Å². The number of carbonyl (C=O) groups is 1. The molecule has 150 valence electrons. The van der Waals surface area contributed by atoms with E-state index in [1.807, 2.05) is 42.5 Å². The Labute approximate surface area is 168 Å². The Hall–Kier alpha value is -2.75. The molecule has 1 N–H and O–H groups in total. The molecule has 0 atom stereocenters. The number of anilines is 1. The third-order valence-corrected chi connectivity index (χ3v) is 4.50. The lowest BCUT2D eigenvalue weighted by Gasteiger charge is -2.11. The maximum atomic E-state index is 12.1. The van der Waals surface area contributed by atoms with Gasteiger partial charge in [-0.2, -0.15) is 0 Å². The van der Waals surface area contributed by atoms with Gasteiger partial charge < -0.3 is 14.8 Å². The number of unbranched alkanes of at least 4 members (excludes halogenated alkanes) is 3. The average molecular weight is 382 g/mol. The lowest BCUT2D eigenvalue weighted by molar-refractivity contribution is -0.111. The summed E-state index contributed by atoms with van der Waals surface area (Å²) in [6.07, 6.45) is 8.93. The van der Waals surface area contributed by atoms with Crippen molar-refractivity contribution in [2.75, 3.05) is 19.0 Å². The van der Waals surface area contributed by atoms with E-state index in [4.69, 9.17) is 9.47 Å². The zero-order valence-electron chi connectivity index (χ0n) is 17.2. The van der Waals surface area contributed by atoms with Crippen LogP contribution < -0.4 is 14.8 Å². The van der Waals surface area contributed by atoms with E-state index in [1.165, 1.54) is 30.9 Å². The van der Waals surface area contributed by atoms with Crippen molar-refractivity contribution in [3.05, 3.63) is 59.7 Å². The summed E-state index contributed by atoms with van der Waals surface area (Å²) >= 11 is 0. The Kier molecular flexibility index (Phi) is 9.13. The number of hydrogen-bond acceptors (Lipinski definition) is 3. The molecular formula is C24H31NO3. The normalized spacial score (nSPS) is 10.8. The number of aryl methyl sites for hydroxylation is 1. The Bertz CT molecular complexity index is 766. The van der Waals surface area contributed by atoms with E-state index in [1.54, 1.807) is 13.2 Å². The van der Waals surface area contributed by atoms with Crippen molar-refractivity contribution in [2.45, 2.75) is 46.0 Å². The molecule has 0 heterocycles. The van der Waals surface area contributed by atoms with E-state index in [0.29, 0.717) is 12.4 Å². The largest absolute Gasteiger partial charge is 0.493 e. The molecule has 2 aromatic carbocycles. The van der Waals surface area contributed by atoms with Gasteiger partial charge in [0.15, 0.2) is 11.5 Å². The fourth-order valence-electron chi connectivity index (χ4n) is 2.80. The predicted molar refractivity (Wildman–Crippen MR) is 116 cm³/mol. The molecule has 0 fully saturated rings. The third kappa shape index (κ3) is 7.10. The molecule has 0 saturated carbocycles. The molecule has 0 unspecified atom stereocenters. The van der Waals surface area contributed by atoms with Gasteiger partial charge in [-0.15, -0.1) is 0 Å². The topological polar surface area (TPSA) is 47.6 Å². The van der Waals surface area contributed by atoms with E-state index in [2.05, 4.69) is 19.2 Å². The van der Waals surface area contributed by atoms with Gasteiger partial charge >= 0.3 is 0 Å². The van der Waals surface area contributed by atoms with E-state index in [0.717, 1.165) is 29.8 Å². The van der Waals surface area contributed by atoms with Gasteiger partial charge in [0.1, 0.15) is 0 Å². The van der Waals surface area contributed by atoms with Crippen LogP contribution in [0.15, 0.2) is 48.5 Å². The molecule has 0 bridgehead atoms. The second-order valence-electron chi connectivity index (χ2n) is 6.69. The number of benzene rings is 2. The van der Waals surface area contributed by atoms with Gasteiger partial charge in [0.2, 0.25) is 5.91 Å². The van der Waals surface area contributed by atoms with Crippen molar-refractivity contribution >= 4 is 17.7 Å². The van der Waals surface area contributed by atoms with Crippen LogP contribution >= 0.6 is 0 Å². The van der Waals surface area contributed by atoms with Crippen LogP contribution in [0.4, 0.5) is 5.69 Å². The number of amides is 1. The highest BCUT2D eigenvalue weighted by molar-refractivity contribution is 6.01. The lowest BCUT2D eigenvalue weighted by Crippen LogP contribution is -2.07. The molecule has 4 nitrogen and oxygen atoms in total. The van der Waals surface area contributed by atoms with Crippen LogP contribution in [0, 0.1) is 0 Å². The number of rotatable bonds is 11. The predicted octanol–water partition coefficient (Wildman–Crippen LogP) is 5.87. The second-order valence-corrected chi connectivity index (χ2v) is 6.69. The molecule has 4 heteroatoms. The molecule has 0 aliphatic carbocycles. The summed E-state index contributed by atoms with van der Waals surface area (Å²) in [5.74, 6) is 1.24. The quantitative estimate of drug-likeness (QED) is 0.391. The van der Waals surface area contributed by atoms with Gasteiger partial charge in [-0.25, -0.2) is 0 Å². The highest BCUT2D eigenvalue weighted by Crippen LogP contribution is 2.28. The first-order valence-electron chi connectivity index (χ1n) is 10.0. The summed E-state index contributed by atoms with van der Waals surface area (Å²) in [5, 5.41) is 2.87. The SMILES string of the molecule is CCCCCCOc1ccc(/C=C/C(=O)Nc2ccc(CC)cc2)cc1OC. The minimum absolute atomic E-state index is 0.167. The summed E-state index contributed by atoms with van der Waals surface area (Å²) in [7, 11) is 1.62. The molecule has 0 aliphatic heterocycles. The Morgan fingerprint density at radius 2 is 1.79 bits per heavy atom. The molecule has 2 rings (SSSR count). The highest BCUT2D eigenvalue weighted by atomic mass is 16.5. The van der Waals surface area contributed by atoms with Crippen LogP contribution in [0.3, 0.4) is 0 Å². The zero-order chi connectivity index (χ0) is 20.2. The molecular weight excluding hydrogens is 350 g/mol. The Balaban J connectivity index is 1.91. The fraction of sp³-hybridized carbons (Fsp3) is 0.375. The summed E-state index contributed by atoms with van der Waals surface area (Å²) in [6, 6.07) is 13.6. The Morgan fingerprint density at radius 1 is 1.00 bits per heavy atom. The molecule has 1 amide bonds. The van der Waals surface area contributed by atoms with E-state index >= 15 is 0 Å². The maximum absolute atomic E-state index is 12.1. The first-order valence-corrected chi connectivity index (χ1v) is 10.0. The highest BCUT2D eigenvalue weighted by Gasteiger charge is 2.05. The minimum Gasteiger partial charge on any atom is -0.493 e. The molecule has 0 spiro atoms. The third-order valence-electron chi connectivity index (χ3n) is 4.50. The number of nitrogens with one attached hydrogen (secondary N) is 1. The van der Waals surface area contributed by atoms with Gasteiger partial charge in [-0.1, -0.05) is 51.3 Å². The van der Waals surface area contributed by atoms with Gasteiger partial charge in [0.25, 0.3) is 0 Å². The van der Waals surface area contributed by atoms with Crippen LogP contribution in [-0.4, -0.2) is 19.6 Å².